The summed E-state index contributed by atoms with van der Waals surface area (Å²) >= 11 is 0. The number of hydrogen-bond acceptors (Lipinski definition) is 5. The van der Waals surface area contributed by atoms with Crippen LogP contribution in [0, 0.1) is 0 Å². The molecule has 1 saturated heterocycles. The van der Waals surface area contributed by atoms with Gasteiger partial charge in [0.15, 0.2) is 0 Å². The molecule has 4 rings (SSSR count). The minimum absolute atomic E-state index is 0.0102. The molecule has 2 aromatic rings. The van der Waals surface area contributed by atoms with Crippen molar-refractivity contribution < 1.29 is 31.1 Å². The van der Waals surface area contributed by atoms with E-state index < -0.39 is 33.7 Å². The van der Waals surface area contributed by atoms with Crippen LogP contribution in [0.15, 0.2) is 42.5 Å². The predicted octanol–water partition coefficient (Wildman–Crippen LogP) is 2.87. The number of nitrogens with one attached hydrogen (secondary N) is 1. The number of halogens is 3. The molecule has 1 N–H and O–H groups in total. The molecule has 0 radical (unpaired) electrons. The number of carbonyl (C=O) groups excluding carboxylic acids is 1. The number of nitrogens with zero attached hydrogens (tertiary/aromatic N) is 2. The highest BCUT2D eigenvalue weighted by atomic mass is 32.2. The van der Waals surface area contributed by atoms with E-state index in [0.717, 1.165) is 33.8 Å². The van der Waals surface area contributed by atoms with Crippen LogP contribution in [-0.4, -0.2) is 57.2 Å². The predicted molar refractivity (Wildman–Crippen MR) is 117 cm³/mol. The third kappa shape index (κ3) is 5.15. The number of morpholine rings is 1. The van der Waals surface area contributed by atoms with Gasteiger partial charge in [0, 0.05) is 19.6 Å². The second kappa shape index (κ2) is 8.96. The first-order valence-electron chi connectivity index (χ1n) is 10.4. The Kier molecular flexibility index (Phi) is 6.39. The van der Waals surface area contributed by atoms with E-state index in [-0.39, 0.29) is 18.7 Å². The van der Waals surface area contributed by atoms with Crippen molar-refractivity contribution >= 4 is 27.3 Å². The quantitative estimate of drug-likeness (QED) is 0.724. The molecule has 1 fully saturated rings. The number of fused-ring (bicyclic) bond motifs is 1. The van der Waals surface area contributed by atoms with Crippen LogP contribution in [-0.2, 0) is 38.7 Å². The molecule has 0 spiro atoms. The van der Waals surface area contributed by atoms with Crippen molar-refractivity contribution in [3.63, 3.8) is 0 Å². The van der Waals surface area contributed by atoms with Gasteiger partial charge in [-0.15, -0.1) is 0 Å². The Labute approximate surface area is 190 Å². The summed E-state index contributed by atoms with van der Waals surface area (Å²) < 4.78 is 71.4. The van der Waals surface area contributed by atoms with E-state index in [4.69, 9.17) is 4.74 Å². The molecule has 7 nitrogen and oxygen atoms in total. The lowest BCUT2D eigenvalue weighted by molar-refractivity contribution is -0.137. The Bertz CT molecular complexity index is 1150. The Morgan fingerprint density at radius 2 is 1.76 bits per heavy atom. The van der Waals surface area contributed by atoms with Gasteiger partial charge < -0.3 is 15.0 Å². The van der Waals surface area contributed by atoms with Crippen molar-refractivity contribution in [3.05, 3.63) is 59.2 Å². The Morgan fingerprint density at radius 1 is 1.09 bits per heavy atom. The number of benzene rings is 2. The lowest BCUT2D eigenvalue weighted by atomic mass is 9.95. The average molecular weight is 484 g/mol. The standard InChI is InChI=1S/C22H24F3N3O4S/c1-33(30,31)28-14-16-5-3-2-4-15(16)12-20(28)21(29)26-18-13-17(22(23,24)25)6-7-19(18)27-8-10-32-11-9-27/h2-7,13,20H,8-12,14H2,1H3,(H,26,29). The number of hydrogen-bond donors (Lipinski definition) is 1. The molecule has 2 aliphatic rings. The zero-order valence-corrected chi connectivity index (χ0v) is 18.7. The molecule has 1 unspecified atom stereocenters. The summed E-state index contributed by atoms with van der Waals surface area (Å²) in [4.78, 5) is 15.1. The topological polar surface area (TPSA) is 79.0 Å². The van der Waals surface area contributed by atoms with E-state index in [0.29, 0.717) is 32.0 Å². The smallest absolute Gasteiger partial charge is 0.378 e. The van der Waals surface area contributed by atoms with Gasteiger partial charge in [0.05, 0.1) is 36.4 Å². The number of rotatable bonds is 4. The number of amides is 1. The van der Waals surface area contributed by atoms with Gasteiger partial charge in [-0.05, 0) is 35.7 Å². The number of carbonyl (C=O) groups is 1. The zero-order chi connectivity index (χ0) is 23.8. The van der Waals surface area contributed by atoms with Gasteiger partial charge in [-0.1, -0.05) is 24.3 Å². The van der Waals surface area contributed by atoms with Gasteiger partial charge in [-0.3, -0.25) is 4.79 Å². The number of alkyl halides is 3. The third-order valence-corrected chi connectivity index (χ3v) is 7.10. The Balaban J connectivity index is 1.68. The summed E-state index contributed by atoms with van der Waals surface area (Å²) in [6.07, 6.45) is -3.45. The van der Waals surface area contributed by atoms with Crippen LogP contribution in [0.4, 0.5) is 24.5 Å². The molecule has 2 aliphatic heterocycles. The van der Waals surface area contributed by atoms with E-state index in [2.05, 4.69) is 5.32 Å². The van der Waals surface area contributed by atoms with Crippen molar-refractivity contribution in [1.82, 2.24) is 4.31 Å². The molecule has 11 heteroatoms. The molecule has 1 atom stereocenters. The van der Waals surface area contributed by atoms with Crippen LogP contribution < -0.4 is 10.2 Å². The molecule has 2 heterocycles. The second-order valence-electron chi connectivity index (χ2n) is 8.12. The monoisotopic (exact) mass is 483 g/mol. The summed E-state index contributed by atoms with van der Waals surface area (Å²) in [5.74, 6) is -0.677. The maximum atomic E-state index is 13.4. The minimum atomic E-state index is -4.59. The van der Waals surface area contributed by atoms with Crippen LogP contribution in [0.5, 0.6) is 0 Å². The molecular formula is C22H24F3N3O4S. The first-order valence-corrected chi connectivity index (χ1v) is 12.3. The lowest BCUT2D eigenvalue weighted by Gasteiger charge is -2.35. The molecule has 33 heavy (non-hydrogen) atoms. The van der Waals surface area contributed by atoms with Gasteiger partial charge in [0.1, 0.15) is 6.04 Å². The van der Waals surface area contributed by atoms with E-state index in [1.165, 1.54) is 6.07 Å². The van der Waals surface area contributed by atoms with E-state index in [9.17, 15) is 26.4 Å². The molecular weight excluding hydrogens is 459 g/mol. The molecule has 2 aromatic carbocycles. The number of anilines is 2. The highest BCUT2D eigenvalue weighted by molar-refractivity contribution is 7.88. The molecule has 1 amide bonds. The largest absolute Gasteiger partial charge is 0.416 e. The fourth-order valence-corrected chi connectivity index (χ4v) is 5.19. The first-order chi connectivity index (χ1) is 15.5. The molecule has 0 aromatic heterocycles. The SMILES string of the molecule is CS(=O)(=O)N1Cc2ccccc2CC1C(=O)Nc1cc(C(F)(F)F)ccc1N1CCOCC1. The summed E-state index contributed by atoms with van der Waals surface area (Å²) in [6.45, 7) is 1.76. The second-order valence-corrected chi connectivity index (χ2v) is 10.1. The summed E-state index contributed by atoms with van der Waals surface area (Å²) in [6, 6.07) is 9.31. The summed E-state index contributed by atoms with van der Waals surface area (Å²) in [7, 11) is -3.75. The minimum Gasteiger partial charge on any atom is -0.378 e. The maximum absolute atomic E-state index is 13.4. The van der Waals surface area contributed by atoms with Crippen molar-refractivity contribution in [3.8, 4) is 0 Å². The first kappa shape index (κ1) is 23.5. The summed E-state index contributed by atoms with van der Waals surface area (Å²) in [5, 5.41) is 2.60. The molecule has 0 saturated carbocycles. The average Bonchev–Trinajstić information content (AvgIpc) is 2.77. The van der Waals surface area contributed by atoms with E-state index in [1.807, 2.05) is 11.0 Å². The molecule has 178 valence electrons. The van der Waals surface area contributed by atoms with Crippen molar-refractivity contribution in [2.75, 3.05) is 42.8 Å². The number of sulfonamides is 1. The van der Waals surface area contributed by atoms with Crippen molar-refractivity contribution in [1.29, 1.82) is 0 Å². The lowest BCUT2D eigenvalue weighted by Crippen LogP contribution is -2.50. The summed E-state index contributed by atoms with van der Waals surface area (Å²) in [5.41, 5.74) is 1.14. The fourth-order valence-electron chi connectivity index (χ4n) is 4.18. The van der Waals surface area contributed by atoms with Gasteiger partial charge >= 0.3 is 6.18 Å². The normalized spacial score (nSPS) is 19.8. The van der Waals surface area contributed by atoms with Crippen molar-refractivity contribution in [2.45, 2.75) is 25.2 Å². The molecule has 0 bridgehead atoms. The van der Waals surface area contributed by atoms with Crippen LogP contribution in [0.2, 0.25) is 0 Å². The highest BCUT2D eigenvalue weighted by Crippen LogP contribution is 2.36. The zero-order valence-electron chi connectivity index (χ0n) is 17.9. The van der Waals surface area contributed by atoms with E-state index >= 15 is 0 Å². The van der Waals surface area contributed by atoms with Gasteiger partial charge in [-0.2, -0.15) is 17.5 Å². The van der Waals surface area contributed by atoms with E-state index in [1.54, 1.807) is 18.2 Å². The van der Waals surface area contributed by atoms with Crippen LogP contribution >= 0.6 is 0 Å². The third-order valence-electron chi connectivity index (χ3n) is 5.87. The van der Waals surface area contributed by atoms with Crippen LogP contribution in [0.3, 0.4) is 0 Å². The van der Waals surface area contributed by atoms with Gasteiger partial charge in [0.2, 0.25) is 15.9 Å². The Hall–Kier alpha value is -2.63. The highest BCUT2D eigenvalue weighted by Gasteiger charge is 2.38. The maximum Gasteiger partial charge on any atom is 0.416 e. The Morgan fingerprint density at radius 3 is 2.39 bits per heavy atom. The fraction of sp³-hybridized carbons (Fsp3) is 0.409. The molecule has 0 aliphatic carbocycles. The van der Waals surface area contributed by atoms with Crippen molar-refractivity contribution in [2.24, 2.45) is 0 Å². The number of ether oxygens (including phenoxy) is 1. The van der Waals surface area contributed by atoms with Gasteiger partial charge in [-0.25, -0.2) is 8.42 Å². The van der Waals surface area contributed by atoms with Crippen LogP contribution in [0.1, 0.15) is 16.7 Å². The van der Waals surface area contributed by atoms with Gasteiger partial charge in [0.25, 0.3) is 0 Å². The van der Waals surface area contributed by atoms with Crippen LogP contribution in [0.25, 0.3) is 0 Å².